The number of fused-ring (bicyclic) bond motifs is 1. The van der Waals surface area contributed by atoms with Crippen LogP contribution in [0.1, 0.15) is 24.0 Å². The molecule has 1 saturated heterocycles. The lowest BCUT2D eigenvalue weighted by atomic mass is 9.95. The van der Waals surface area contributed by atoms with E-state index in [4.69, 9.17) is 9.47 Å². The summed E-state index contributed by atoms with van der Waals surface area (Å²) in [5.74, 6) is 1.73. The molecule has 5 nitrogen and oxygen atoms in total. The zero-order valence-corrected chi connectivity index (χ0v) is 18.8. The van der Waals surface area contributed by atoms with Gasteiger partial charge >= 0.3 is 0 Å². The molecule has 0 spiro atoms. The van der Waals surface area contributed by atoms with E-state index in [9.17, 15) is 0 Å². The second kappa shape index (κ2) is 10.8. The highest BCUT2D eigenvalue weighted by Gasteiger charge is 2.22. The number of benzene rings is 2. The van der Waals surface area contributed by atoms with Gasteiger partial charge in [-0.3, -0.25) is 9.80 Å². The third kappa shape index (κ3) is 5.67. The number of hydrogen-bond acceptors (Lipinski definition) is 4. The van der Waals surface area contributed by atoms with Crippen LogP contribution in [0.15, 0.2) is 54.7 Å². The SMILES string of the molecule is COCCN(Cc1c[nH]c2ccccc12)CC1CCN(Cc2ccccc2OC)CC1. The topological polar surface area (TPSA) is 40.7 Å². The molecule has 166 valence electrons. The Balaban J connectivity index is 1.33. The second-order valence-corrected chi connectivity index (χ2v) is 8.62. The molecule has 2 heterocycles. The lowest BCUT2D eigenvalue weighted by Gasteiger charge is -2.35. The number of piperidine rings is 1. The smallest absolute Gasteiger partial charge is 0.123 e. The number of rotatable bonds is 10. The van der Waals surface area contributed by atoms with Crippen LogP contribution in [0.25, 0.3) is 10.9 Å². The van der Waals surface area contributed by atoms with Crippen LogP contribution in [-0.2, 0) is 17.8 Å². The summed E-state index contributed by atoms with van der Waals surface area (Å²) < 4.78 is 10.9. The van der Waals surface area contributed by atoms with Crippen molar-refractivity contribution < 1.29 is 9.47 Å². The Bertz CT molecular complexity index is 946. The molecule has 1 aromatic heterocycles. The molecule has 0 unspecified atom stereocenters. The fourth-order valence-electron chi connectivity index (χ4n) is 4.73. The minimum absolute atomic E-state index is 0.732. The van der Waals surface area contributed by atoms with Gasteiger partial charge in [0, 0.05) is 56.0 Å². The summed E-state index contributed by atoms with van der Waals surface area (Å²) in [6.07, 6.45) is 4.65. The van der Waals surface area contributed by atoms with Crippen molar-refractivity contribution in [1.29, 1.82) is 0 Å². The van der Waals surface area contributed by atoms with Gasteiger partial charge in [0.05, 0.1) is 13.7 Å². The molecule has 0 radical (unpaired) electrons. The zero-order valence-electron chi connectivity index (χ0n) is 18.8. The first kappa shape index (κ1) is 21.9. The molecule has 2 aromatic carbocycles. The van der Waals surface area contributed by atoms with Gasteiger partial charge in [-0.1, -0.05) is 36.4 Å². The number of H-pyrrole nitrogens is 1. The monoisotopic (exact) mass is 421 g/mol. The van der Waals surface area contributed by atoms with Gasteiger partial charge in [0.25, 0.3) is 0 Å². The van der Waals surface area contributed by atoms with Crippen molar-refractivity contribution in [1.82, 2.24) is 14.8 Å². The molecule has 0 saturated carbocycles. The second-order valence-electron chi connectivity index (χ2n) is 8.62. The normalized spacial score (nSPS) is 15.7. The van der Waals surface area contributed by atoms with Crippen molar-refractivity contribution in [3.05, 3.63) is 65.9 Å². The number of methoxy groups -OCH3 is 2. The zero-order chi connectivity index (χ0) is 21.5. The summed E-state index contributed by atoms with van der Waals surface area (Å²) in [6.45, 7) is 7.11. The van der Waals surface area contributed by atoms with Crippen LogP contribution in [0.4, 0.5) is 0 Å². The minimum atomic E-state index is 0.732. The van der Waals surface area contributed by atoms with Crippen molar-refractivity contribution >= 4 is 10.9 Å². The Morgan fingerprint density at radius 3 is 2.58 bits per heavy atom. The molecule has 0 atom stereocenters. The first-order valence-electron chi connectivity index (χ1n) is 11.4. The van der Waals surface area contributed by atoms with Crippen molar-refractivity contribution in [3.63, 3.8) is 0 Å². The molecule has 1 aliphatic rings. The van der Waals surface area contributed by atoms with Gasteiger partial charge in [-0.25, -0.2) is 0 Å². The lowest BCUT2D eigenvalue weighted by molar-refractivity contribution is 0.106. The number of nitrogens with zero attached hydrogens (tertiary/aromatic N) is 2. The summed E-state index contributed by atoms with van der Waals surface area (Å²) in [4.78, 5) is 8.55. The van der Waals surface area contributed by atoms with Gasteiger partial charge in [0.1, 0.15) is 5.75 Å². The predicted octanol–water partition coefficient (Wildman–Crippen LogP) is 4.54. The van der Waals surface area contributed by atoms with Gasteiger partial charge < -0.3 is 14.5 Å². The van der Waals surface area contributed by atoms with E-state index >= 15 is 0 Å². The summed E-state index contributed by atoms with van der Waals surface area (Å²) in [6, 6.07) is 16.9. The molecule has 31 heavy (non-hydrogen) atoms. The molecular weight excluding hydrogens is 386 g/mol. The molecule has 1 fully saturated rings. The molecular formula is C26H35N3O2. The van der Waals surface area contributed by atoms with E-state index in [-0.39, 0.29) is 0 Å². The van der Waals surface area contributed by atoms with Crippen molar-refractivity contribution in [2.45, 2.75) is 25.9 Å². The molecule has 0 amide bonds. The van der Waals surface area contributed by atoms with Crippen LogP contribution in [0.5, 0.6) is 5.75 Å². The number of likely N-dealkylation sites (tertiary alicyclic amines) is 1. The molecule has 5 heteroatoms. The molecule has 3 aromatic rings. The van der Waals surface area contributed by atoms with E-state index in [1.54, 1.807) is 14.2 Å². The molecule has 0 bridgehead atoms. The Labute approximate surface area is 185 Å². The third-order valence-electron chi connectivity index (χ3n) is 6.49. The molecule has 1 aliphatic heterocycles. The van der Waals surface area contributed by atoms with E-state index in [2.05, 4.69) is 63.4 Å². The van der Waals surface area contributed by atoms with Crippen LogP contribution in [0.2, 0.25) is 0 Å². The van der Waals surface area contributed by atoms with Gasteiger partial charge in [-0.05, 0) is 49.5 Å². The van der Waals surface area contributed by atoms with Gasteiger partial charge in [0.2, 0.25) is 0 Å². The maximum absolute atomic E-state index is 5.53. The van der Waals surface area contributed by atoms with Gasteiger partial charge in [0.15, 0.2) is 0 Å². The molecule has 1 N–H and O–H groups in total. The van der Waals surface area contributed by atoms with E-state index in [0.717, 1.165) is 57.5 Å². The standard InChI is InChI=1S/C26H35N3O2/c1-30-16-15-29(20-23-17-27-25-9-5-4-8-24(23)25)18-21-11-13-28(14-12-21)19-22-7-3-6-10-26(22)31-2/h3-10,17,21,27H,11-16,18-20H2,1-2H3. The summed E-state index contributed by atoms with van der Waals surface area (Å²) >= 11 is 0. The Hall–Kier alpha value is -2.34. The number of aromatic amines is 1. The maximum Gasteiger partial charge on any atom is 0.123 e. The van der Waals surface area contributed by atoms with Crippen molar-refractivity contribution in [2.75, 3.05) is 47.0 Å². The number of hydrogen-bond donors (Lipinski definition) is 1. The van der Waals surface area contributed by atoms with E-state index in [0.29, 0.717) is 0 Å². The number of ether oxygens (including phenoxy) is 2. The van der Waals surface area contributed by atoms with Gasteiger partial charge in [-0.2, -0.15) is 0 Å². The number of nitrogens with one attached hydrogen (secondary N) is 1. The molecule has 0 aliphatic carbocycles. The number of para-hydroxylation sites is 2. The fraction of sp³-hybridized carbons (Fsp3) is 0.462. The Kier molecular flexibility index (Phi) is 7.62. The third-order valence-corrected chi connectivity index (χ3v) is 6.49. The highest BCUT2D eigenvalue weighted by Crippen LogP contribution is 2.25. The van der Waals surface area contributed by atoms with Crippen LogP contribution >= 0.6 is 0 Å². The van der Waals surface area contributed by atoms with Gasteiger partial charge in [-0.15, -0.1) is 0 Å². The van der Waals surface area contributed by atoms with Crippen molar-refractivity contribution in [2.24, 2.45) is 5.92 Å². The summed E-state index contributed by atoms with van der Waals surface area (Å²) in [5, 5.41) is 1.33. The van der Waals surface area contributed by atoms with Crippen LogP contribution in [-0.4, -0.2) is 61.8 Å². The van der Waals surface area contributed by atoms with E-state index in [1.807, 2.05) is 6.07 Å². The predicted molar refractivity (Wildman–Crippen MR) is 126 cm³/mol. The minimum Gasteiger partial charge on any atom is -0.496 e. The van der Waals surface area contributed by atoms with E-state index in [1.165, 1.54) is 34.9 Å². The first-order valence-corrected chi connectivity index (χ1v) is 11.4. The van der Waals surface area contributed by atoms with E-state index < -0.39 is 0 Å². The highest BCUT2D eigenvalue weighted by molar-refractivity contribution is 5.82. The fourth-order valence-corrected chi connectivity index (χ4v) is 4.73. The lowest BCUT2D eigenvalue weighted by Crippen LogP contribution is -2.39. The molecule has 4 rings (SSSR count). The maximum atomic E-state index is 5.53. The highest BCUT2D eigenvalue weighted by atomic mass is 16.5. The quantitative estimate of drug-likeness (QED) is 0.522. The Morgan fingerprint density at radius 1 is 1.00 bits per heavy atom. The van der Waals surface area contributed by atoms with Crippen LogP contribution in [0, 0.1) is 5.92 Å². The largest absolute Gasteiger partial charge is 0.496 e. The average Bonchev–Trinajstić information content (AvgIpc) is 3.22. The summed E-state index contributed by atoms with van der Waals surface area (Å²) in [7, 11) is 3.55. The average molecular weight is 422 g/mol. The first-order chi connectivity index (χ1) is 15.3. The van der Waals surface area contributed by atoms with Crippen molar-refractivity contribution in [3.8, 4) is 5.75 Å². The summed E-state index contributed by atoms with van der Waals surface area (Å²) in [5.41, 5.74) is 3.87. The Morgan fingerprint density at radius 2 is 1.77 bits per heavy atom. The number of aromatic nitrogens is 1. The van der Waals surface area contributed by atoms with Crippen LogP contribution in [0.3, 0.4) is 0 Å². The van der Waals surface area contributed by atoms with Crippen LogP contribution < -0.4 is 4.74 Å².